The van der Waals surface area contributed by atoms with Crippen molar-refractivity contribution in [2.24, 2.45) is 11.8 Å². The van der Waals surface area contributed by atoms with Gasteiger partial charge < -0.3 is 15.0 Å². The van der Waals surface area contributed by atoms with Crippen molar-refractivity contribution in [3.05, 3.63) is 41.2 Å². The highest BCUT2D eigenvalue weighted by Gasteiger charge is 2.41. The first kappa shape index (κ1) is 23.4. The molecule has 2 aliphatic heterocycles. The number of halogens is 5. The van der Waals surface area contributed by atoms with Crippen molar-refractivity contribution in [1.29, 1.82) is 0 Å². The third-order valence-corrected chi connectivity index (χ3v) is 7.22. The fraction of sp³-hybridized carbons (Fsp3) is 0.583. The number of nitrogens with zero attached hydrogens (tertiary/aromatic N) is 3. The molecule has 0 spiro atoms. The van der Waals surface area contributed by atoms with Crippen molar-refractivity contribution >= 4 is 5.82 Å². The minimum Gasteiger partial charge on any atom is -0.377 e. The van der Waals surface area contributed by atoms with Crippen molar-refractivity contribution < 1.29 is 26.7 Å². The van der Waals surface area contributed by atoms with E-state index < -0.39 is 40.7 Å². The van der Waals surface area contributed by atoms with Crippen LogP contribution in [0.5, 0.6) is 0 Å². The van der Waals surface area contributed by atoms with Gasteiger partial charge in [0.05, 0.1) is 6.10 Å². The number of hydrogen-bond donors (Lipinski definition) is 1. The van der Waals surface area contributed by atoms with Gasteiger partial charge >= 0.3 is 0 Å². The number of likely N-dealkylation sites (tertiary alicyclic amines) is 1. The van der Waals surface area contributed by atoms with Crippen LogP contribution in [0.15, 0.2) is 18.2 Å². The Morgan fingerprint density at radius 2 is 1.79 bits per heavy atom. The minimum absolute atomic E-state index is 0.0668. The fourth-order valence-electron chi connectivity index (χ4n) is 5.69. The summed E-state index contributed by atoms with van der Waals surface area (Å²) in [6, 6.07) is 2.15. The summed E-state index contributed by atoms with van der Waals surface area (Å²) in [5.41, 5.74) is -1.87. The molecular formula is C24H27F5N4O. The Bertz CT molecular complexity index is 1020. The van der Waals surface area contributed by atoms with Crippen molar-refractivity contribution in [3.8, 4) is 11.3 Å². The maximum Gasteiger partial charge on any atom is 0.266 e. The van der Waals surface area contributed by atoms with Crippen molar-refractivity contribution in [2.45, 2.75) is 50.7 Å². The summed E-state index contributed by atoms with van der Waals surface area (Å²) in [5.74, 6) is -2.81. The Morgan fingerprint density at radius 1 is 1.03 bits per heavy atom. The third-order valence-electron chi connectivity index (χ3n) is 7.22. The molecule has 0 radical (unpaired) electrons. The number of ether oxygens (including phenoxy) is 1. The van der Waals surface area contributed by atoms with Crippen LogP contribution in [-0.2, 0) is 4.74 Å². The summed E-state index contributed by atoms with van der Waals surface area (Å²) in [6.45, 7) is 3.81. The summed E-state index contributed by atoms with van der Waals surface area (Å²) in [6.07, 6.45) is 2.56. The molecule has 3 fully saturated rings. The molecule has 184 valence electrons. The van der Waals surface area contributed by atoms with Gasteiger partial charge in [0, 0.05) is 49.5 Å². The zero-order valence-corrected chi connectivity index (χ0v) is 18.6. The van der Waals surface area contributed by atoms with E-state index in [2.05, 4.69) is 20.4 Å². The lowest BCUT2D eigenvalue weighted by molar-refractivity contribution is -0.00303. The molecule has 34 heavy (non-hydrogen) atoms. The van der Waals surface area contributed by atoms with E-state index in [0.717, 1.165) is 58.0 Å². The number of anilines is 1. The highest BCUT2D eigenvalue weighted by molar-refractivity contribution is 5.65. The van der Waals surface area contributed by atoms with Crippen LogP contribution in [0.1, 0.15) is 44.1 Å². The average Bonchev–Trinajstić information content (AvgIpc) is 3.34. The molecule has 3 heterocycles. The minimum atomic E-state index is -3.02. The molecule has 1 N–H and O–H groups in total. The number of aromatic nitrogens is 2. The molecule has 5 nitrogen and oxygen atoms in total. The van der Waals surface area contributed by atoms with Gasteiger partial charge in [-0.05, 0) is 56.1 Å². The average molecular weight is 482 g/mol. The third kappa shape index (κ3) is 4.88. The van der Waals surface area contributed by atoms with Gasteiger partial charge in [-0.1, -0.05) is 0 Å². The number of alkyl halides is 2. The van der Waals surface area contributed by atoms with Crippen LogP contribution in [0.2, 0.25) is 0 Å². The maximum absolute atomic E-state index is 14.2. The first-order valence-electron chi connectivity index (χ1n) is 11.8. The number of benzene rings is 1. The van der Waals surface area contributed by atoms with E-state index in [1.807, 2.05) is 0 Å². The lowest BCUT2D eigenvalue weighted by Crippen LogP contribution is -2.35. The van der Waals surface area contributed by atoms with E-state index in [0.29, 0.717) is 30.1 Å². The van der Waals surface area contributed by atoms with E-state index in [1.165, 1.54) is 6.42 Å². The molecule has 1 aliphatic carbocycles. The van der Waals surface area contributed by atoms with Crippen LogP contribution in [0.3, 0.4) is 0 Å². The summed E-state index contributed by atoms with van der Waals surface area (Å²) >= 11 is 0. The fourth-order valence-corrected chi connectivity index (χ4v) is 5.69. The van der Waals surface area contributed by atoms with Crippen LogP contribution in [0, 0.1) is 29.3 Å². The van der Waals surface area contributed by atoms with Crippen molar-refractivity contribution in [2.75, 3.05) is 31.6 Å². The van der Waals surface area contributed by atoms with E-state index in [-0.39, 0.29) is 11.9 Å². The summed E-state index contributed by atoms with van der Waals surface area (Å²) < 4.78 is 74.7. The van der Waals surface area contributed by atoms with Gasteiger partial charge in [-0.2, -0.15) is 0 Å². The summed E-state index contributed by atoms with van der Waals surface area (Å²) in [5, 5.41) is 10.8. The molecule has 0 amide bonds. The van der Waals surface area contributed by atoms with Crippen LogP contribution in [0.4, 0.5) is 27.8 Å². The van der Waals surface area contributed by atoms with E-state index in [9.17, 15) is 22.0 Å². The Labute approximate surface area is 194 Å². The topological polar surface area (TPSA) is 50.3 Å². The van der Waals surface area contributed by atoms with E-state index in [4.69, 9.17) is 4.74 Å². The molecule has 1 aromatic carbocycles. The van der Waals surface area contributed by atoms with Gasteiger partial charge in [-0.3, -0.25) is 0 Å². The van der Waals surface area contributed by atoms with Crippen molar-refractivity contribution in [1.82, 2.24) is 15.1 Å². The molecule has 1 aromatic heterocycles. The normalized spacial score (nSPS) is 25.8. The van der Waals surface area contributed by atoms with Crippen LogP contribution in [0.25, 0.3) is 11.3 Å². The van der Waals surface area contributed by atoms with Crippen molar-refractivity contribution in [3.63, 3.8) is 0 Å². The second-order valence-corrected chi connectivity index (χ2v) is 9.62. The number of rotatable bonds is 6. The van der Waals surface area contributed by atoms with Gasteiger partial charge in [-0.15, -0.1) is 10.2 Å². The van der Waals surface area contributed by atoms with E-state index >= 15 is 0 Å². The first-order valence-corrected chi connectivity index (χ1v) is 11.8. The molecule has 2 aromatic rings. The Morgan fingerprint density at radius 3 is 2.47 bits per heavy atom. The number of nitrogens with one attached hydrogen (secondary N) is 1. The highest BCUT2D eigenvalue weighted by Crippen LogP contribution is 2.40. The monoisotopic (exact) mass is 482 g/mol. The summed E-state index contributed by atoms with van der Waals surface area (Å²) in [4.78, 5) is 2.47. The molecule has 1 saturated carbocycles. The standard InChI is InChI=1S/C24H27F5N4O/c25-15-7-18(22(27)20(26)8-15)23-19(24(28)29)9-21(31-32-23)30-16-5-13-10-33(11-14(13)6-16)12-17-3-1-2-4-34-17/h7-9,13-14,16-17,24H,1-6,10-12H2,(H,30,31)/t13-,14-,17+/m1/s1. The van der Waals surface area contributed by atoms with Crippen LogP contribution >= 0.6 is 0 Å². The number of hydrogen-bond acceptors (Lipinski definition) is 5. The second-order valence-electron chi connectivity index (χ2n) is 9.62. The number of fused-ring (bicyclic) bond motifs is 1. The van der Waals surface area contributed by atoms with Gasteiger partial charge in [-0.25, -0.2) is 22.0 Å². The quantitative estimate of drug-likeness (QED) is 0.454. The Balaban J connectivity index is 1.24. The highest BCUT2D eigenvalue weighted by atomic mass is 19.3. The molecule has 2 saturated heterocycles. The molecule has 3 atom stereocenters. The zero-order valence-electron chi connectivity index (χ0n) is 18.6. The lowest BCUT2D eigenvalue weighted by atomic mass is 10.0. The Hall–Kier alpha value is -2.33. The molecule has 5 rings (SSSR count). The predicted octanol–water partition coefficient (Wildman–Crippen LogP) is 5.19. The van der Waals surface area contributed by atoms with E-state index in [1.54, 1.807) is 0 Å². The predicted molar refractivity (Wildman–Crippen MR) is 116 cm³/mol. The SMILES string of the molecule is Fc1cc(F)c(F)c(-c2nnc(NC3C[C@@H]4CN(C[C@@H]5CCCCO5)C[C@H]4C3)cc2C(F)F)c1. The van der Waals surface area contributed by atoms with Gasteiger partial charge in [0.1, 0.15) is 17.3 Å². The van der Waals surface area contributed by atoms with Crippen LogP contribution in [-0.4, -0.2) is 53.5 Å². The zero-order chi connectivity index (χ0) is 23.8. The lowest BCUT2D eigenvalue weighted by Gasteiger charge is -2.28. The molecule has 0 unspecified atom stereocenters. The first-order chi connectivity index (χ1) is 16.4. The maximum atomic E-state index is 14.2. The molecule has 10 heteroatoms. The molecular weight excluding hydrogens is 455 g/mol. The van der Waals surface area contributed by atoms with Crippen LogP contribution < -0.4 is 5.32 Å². The molecule has 3 aliphatic rings. The Kier molecular flexibility index (Phi) is 6.70. The largest absolute Gasteiger partial charge is 0.377 e. The molecule has 0 bridgehead atoms. The van der Waals surface area contributed by atoms with Gasteiger partial charge in [0.25, 0.3) is 6.43 Å². The second kappa shape index (κ2) is 9.73. The smallest absolute Gasteiger partial charge is 0.266 e. The van der Waals surface area contributed by atoms with Gasteiger partial charge in [0.15, 0.2) is 11.6 Å². The van der Waals surface area contributed by atoms with Gasteiger partial charge in [0.2, 0.25) is 0 Å². The summed E-state index contributed by atoms with van der Waals surface area (Å²) in [7, 11) is 0.